The Bertz CT molecular complexity index is 496. The van der Waals surface area contributed by atoms with Crippen molar-refractivity contribution in [3.05, 3.63) is 28.0 Å². The van der Waals surface area contributed by atoms with Gasteiger partial charge in [-0.2, -0.15) is 0 Å². The largest absolute Gasteiger partial charge is 0.478 e. The lowest BCUT2D eigenvalue weighted by molar-refractivity contribution is -0.131. The van der Waals surface area contributed by atoms with Gasteiger partial charge in [0.2, 0.25) is 0 Å². The van der Waals surface area contributed by atoms with Gasteiger partial charge in [0.15, 0.2) is 0 Å². The number of thiophene rings is 1. The van der Waals surface area contributed by atoms with E-state index < -0.39 is 5.97 Å². The molecule has 1 saturated heterocycles. The molecule has 0 spiro atoms. The van der Waals surface area contributed by atoms with Crippen LogP contribution in [-0.2, 0) is 11.3 Å². The molecule has 1 N–H and O–H groups in total. The number of likely N-dealkylation sites (tertiary alicyclic amines) is 1. The summed E-state index contributed by atoms with van der Waals surface area (Å²) in [4.78, 5) is 17.6. The molecule has 0 aromatic carbocycles. The summed E-state index contributed by atoms with van der Waals surface area (Å²) < 4.78 is 0. The summed E-state index contributed by atoms with van der Waals surface area (Å²) in [5.74, 6) is -0.210. The van der Waals surface area contributed by atoms with Crippen molar-refractivity contribution in [2.24, 2.45) is 5.92 Å². The molecule has 0 saturated carbocycles. The molecule has 110 valence electrons. The van der Waals surface area contributed by atoms with Crippen molar-refractivity contribution in [2.45, 2.75) is 19.5 Å². The Morgan fingerprint density at radius 1 is 1.50 bits per heavy atom. The third-order valence-corrected chi connectivity index (χ3v) is 4.80. The zero-order valence-corrected chi connectivity index (χ0v) is 13.1. The van der Waals surface area contributed by atoms with Gasteiger partial charge in [-0.1, -0.05) is 6.92 Å². The summed E-state index contributed by atoms with van der Waals surface area (Å²) in [5, 5.41) is 8.63. The first-order valence-electron chi connectivity index (χ1n) is 6.84. The third kappa shape index (κ3) is 3.91. The highest BCUT2D eigenvalue weighted by Crippen LogP contribution is 2.25. The fourth-order valence-corrected chi connectivity index (χ4v) is 3.75. The predicted octanol–water partition coefficient (Wildman–Crippen LogP) is 2.23. The molecular weight excluding hydrogens is 272 g/mol. The van der Waals surface area contributed by atoms with Gasteiger partial charge >= 0.3 is 5.97 Å². The first kappa shape index (κ1) is 15.2. The summed E-state index contributed by atoms with van der Waals surface area (Å²) in [6.07, 6.45) is 2.85. The Hall–Kier alpha value is -1.17. The van der Waals surface area contributed by atoms with Gasteiger partial charge in [0, 0.05) is 41.5 Å². The maximum absolute atomic E-state index is 10.5. The molecule has 1 aliphatic rings. The molecular formula is C15H22N2O2S. The summed E-state index contributed by atoms with van der Waals surface area (Å²) in [6, 6.07) is 4.71. The maximum atomic E-state index is 10.5. The zero-order valence-electron chi connectivity index (χ0n) is 12.2. The molecule has 2 rings (SSSR count). The summed E-state index contributed by atoms with van der Waals surface area (Å²) in [5.41, 5.74) is 0. The maximum Gasteiger partial charge on any atom is 0.328 e. The van der Waals surface area contributed by atoms with Crippen LogP contribution in [0.2, 0.25) is 0 Å². The van der Waals surface area contributed by atoms with Gasteiger partial charge < -0.3 is 10.0 Å². The monoisotopic (exact) mass is 294 g/mol. The lowest BCUT2D eigenvalue weighted by Gasteiger charge is -2.22. The number of carbonyl (C=O) groups is 1. The summed E-state index contributed by atoms with van der Waals surface area (Å²) in [6.45, 7) is 5.49. The number of likely N-dealkylation sites (N-methyl/N-ethyl adjacent to an activating group) is 1. The van der Waals surface area contributed by atoms with Gasteiger partial charge in [-0.25, -0.2) is 4.79 Å². The summed E-state index contributed by atoms with van der Waals surface area (Å²) >= 11 is 1.67. The molecule has 1 fully saturated rings. The van der Waals surface area contributed by atoms with Crippen molar-refractivity contribution in [3.63, 3.8) is 0 Å². The molecule has 0 bridgehead atoms. The second-order valence-corrected chi connectivity index (χ2v) is 6.88. The van der Waals surface area contributed by atoms with Crippen molar-refractivity contribution in [2.75, 3.05) is 27.2 Å². The quantitative estimate of drug-likeness (QED) is 0.846. The van der Waals surface area contributed by atoms with E-state index in [4.69, 9.17) is 5.11 Å². The van der Waals surface area contributed by atoms with Crippen LogP contribution < -0.4 is 0 Å². The third-order valence-electron chi connectivity index (χ3n) is 3.76. The number of hydrogen-bond acceptors (Lipinski definition) is 4. The Kier molecular flexibility index (Phi) is 4.96. The number of carboxylic acid groups (broad SMARTS) is 1. The number of carboxylic acids is 1. The van der Waals surface area contributed by atoms with Crippen LogP contribution in [0.4, 0.5) is 0 Å². The van der Waals surface area contributed by atoms with Crippen LogP contribution in [0.5, 0.6) is 0 Å². The van der Waals surface area contributed by atoms with E-state index in [2.05, 4.69) is 36.9 Å². The molecule has 2 unspecified atom stereocenters. The molecule has 1 aromatic heterocycles. The standard InChI is InChI=1S/C15H22N2O2S/c1-11-8-17(10-14(11)16(2)3)9-13-5-4-12(20-13)6-7-15(18)19/h4-7,11,14H,8-10H2,1-3H3,(H,18,19)/b7-6+. The molecule has 4 nitrogen and oxygen atoms in total. The van der Waals surface area contributed by atoms with Crippen molar-refractivity contribution in [3.8, 4) is 0 Å². The van der Waals surface area contributed by atoms with Crippen LogP contribution in [0.25, 0.3) is 6.08 Å². The van der Waals surface area contributed by atoms with E-state index in [9.17, 15) is 4.79 Å². The van der Waals surface area contributed by atoms with Crippen LogP contribution in [0.1, 0.15) is 16.7 Å². The average Bonchev–Trinajstić information content (AvgIpc) is 2.94. The molecule has 0 aliphatic carbocycles. The molecule has 2 atom stereocenters. The van der Waals surface area contributed by atoms with Gasteiger partial charge in [-0.05, 0) is 38.2 Å². The Morgan fingerprint density at radius 3 is 2.85 bits per heavy atom. The van der Waals surface area contributed by atoms with E-state index >= 15 is 0 Å². The first-order valence-corrected chi connectivity index (χ1v) is 7.66. The lowest BCUT2D eigenvalue weighted by atomic mass is 10.1. The van der Waals surface area contributed by atoms with E-state index in [0.717, 1.165) is 24.5 Å². The van der Waals surface area contributed by atoms with Gasteiger partial charge in [-0.15, -0.1) is 11.3 Å². The second-order valence-electron chi connectivity index (χ2n) is 5.68. The van der Waals surface area contributed by atoms with E-state index in [1.807, 2.05) is 6.07 Å². The normalized spacial score (nSPS) is 24.0. The van der Waals surface area contributed by atoms with Crippen LogP contribution in [0.15, 0.2) is 18.2 Å². The number of hydrogen-bond donors (Lipinski definition) is 1. The van der Waals surface area contributed by atoms with Crippen molar-refractivity contribution >= 4 is 23.4 Å². The minimum absolute atomic E-state index is 0.626. The smallest absolute Gasteiger partial charge is 0.328 e. The van der Waals surface area contributed by atoms with Crippen LogP contribution in [0.3, 0.4) is 0 Å². The highest BCUT2D eigenvalue weighted by molar-refractivity contribution is 7.12. The Labute approximate surface area is 124 Å². The van der Waals surface area contributed by atoms with Gasteiger partial charge in [0.25, 0.3) is 0 Å². The van der Waals surface area contributed by atoms with Crippen LogP contribution in [-0.4, -0.2) is 54.1 Å². The molecule has 1 aliphatic heterocycles. The topological polar surface area (TPSA) is 43.8 Å². The van der Waals surface area contributed by atoms with Gasteiger partial charge in [-0.3, -0.25) is 4.90 Å². The highest BCUT2D eigenvalue weighted by Gasteiger charge is 2.30. The van der Waals surface area contributed by atoms with E-state index in [-0.39, 0.29) is 0 Å². The number of rotatable bonds is 5. The van der Waals surface area contributed by atoms with Crippen LogP contribution in [0, 0.1) is 5.92 Å². The van der Waals surface area contributed by atoms with Crippen molar-refractivity contribution in [1.29, 1.82) is 0 Å². The summed E-state index contributed by atoms with van der Waals surface area (Å²) in [7, 11) is 4.29. The molecule has 20 heavy (non-hydrogen) atoms. The van der Waals surface area contributed by atoms with Gasteiger partial charge in [0.1, 0.15) is 0 Å². The molecule has 0 radical (unpaired) electrons. The number of aliphatic carboxylic acids is 1. The fourth-order valence-electron chi connectivity index (χ4n) is 2.79. The fraction of sp³-hybridized carbons (Fsp3) is 0.533. The van der Waals surface area contributed by atoms with Crippen molar-refractivity contribution in [1.82, 2.24) is 9.80 Å². The minimum Gasteiger partial charge on any atom is -0.478 e. The van der Waals surface area contributed by atoms with Crippen molar-refractivity contribution < 1.29 is 9.90 Å². The molecule has 5 heteroatoms. The second kappa shape index (κ2) is 6.52. The van der Waals surface area contributed by atoms with E-state index in [1.54, 1.807) is 17.4 Å². The Morgan fingerprint density at radius 2 is 2.25 bits per heavy atom. The van der Waals surface area contributed by atoms with E-state index in [1.165, 1.54) is 11.0 Å². The SMILES string of the molecule is CC1CN(Cc2ccc(/C=C/C(=O)O)s2)CC1N(C)C. The Balaban J connectivity index is 1.93. The van der Waals surface area contributed by atoms with Gasteiger partial charge in [0.05, 0.1) is 0 Å². The molecule has 0 amide bonds. The predicted molar refractivity (Wildman–Crippen MR) is 82.9 cm³/mol. The molecule has 1 aromatic rings. The molecule has 2 heterocycles. The minimum atomic E-state index is -0.901. The number of nitrogens with zero attached hydrogens (tertiary/aromatic N) is 2. The van der Waals surface area contributed by atoms with E-state index in [0.29, 0.717) is 12.0 Å². The van der Waals surface area contributed by atoms with Crippen LogP contribution >= 0.6 is 11.3 Å². The first-order chi connectivity index (χ1) is 9.45. The highest BCUT2D eigenvalue weighted by atomic mass is 32.1. The average molecular weight is 294 g/mol. The zero-order chi connectivity index (χ0) is 14.7. The lowest BCUT2D eigenvalue weighted by Crippen LogP contribution is -2.34.